The van der Waals surface area contributed by atoms with Gasteiger partial charge in [0.1, 0.15) is 0 Å². The lowest BCUT2D eigenvalue weighted by Gasteiger charge is -2.35. The van der Waals surface area contributed by atoms with Crippen LogP contribution in [0.15, 0.2) is 17.7 Å². The molecule has 0 saturated heterocycles. The molecule has 2 unspecified atom stereocenters. The molecule has 0 spiro atoms. The van der Waals surface area contributed by atoms with Gasteiger partial charge in [-0.1, -0.05) is 31.1 Å². The van der Waals surface area contributed by atoms with Gasteiger partial charge in [-0.3, -0.25) is 0 Å². The molecule has 0 fully saturated rings. The van der Waals surface area contributed by atoms with Gasteiger partial charge in [-0.15, -0.1) is 0 Å². The summed E-state index contributed by atoms with van der Waals surface area (Å²) < 4.78 is 5.74. The molecule has 2 heteroatoms. The zero-order chi connectivity index (χ0) is 17.9. The number of allylic oxidation sites excluding steroid dienone is 1. The molecule has 1 aliphatic rings. The number of methoxy groups -OCH3 is 1. The Morgan fingerprint density at radius 2 is 1.88 bits per heavy atom. The van der Waals surface area contributed by atoms with E-state index in [1.807, 2.05) is 7.11 Å². The fourth-order valence-corrected chi connectivity index (χ4v) is 4.32. The van der Waals surface area contributed by atoms with E-state index in [1.54, 1.807) is 0 Å². The quantitative estimate of drug-likeness (QED) is 0.665. The number of benzene rings is 1. The maximum Gasteiger partial charge on any atom is 0.0597 e. The molecule has 134 valence electrons. The van der Waals surface area contributed by atoms with Crippen molar-refractivity contribution in [3.63, 3.8) is 0 Å². The van der Waals surface area contributed by atoms with E-state index in [0.717, 1.165) is 19.6 Å². The van der Waals surface area contributed by atoms with E-state index in [4.69, 9.17) is 4.74 Å². The van der Waals surface area contributed by atoms with Gasteiger partial charge in [0.15, 0.2) is 0 Å². The van der Waals surface area contributed by atoms with E-state index in [-0.39, 0.29) is 5.41 Å². The van der Waals surface area contributed by atoms with Crippen LogP contribution < -0.4 is 5.32 Å². The van der Waals surface area contributed by atoms with Crippen LogP contribution in [0.3, 0.4) is 0 Å². The van der Waals surface area contributed by atoms with Crippen LogP contribution in [0.25, 0.3) is 5.57 Å². The first-order valence-corrected chi connectivity index (χ1v) is 9.40. The molecule has 0 radical (unpaired) electrons. The molecule has 24 heavy (non-hydrogen) atoms. The van der Waals surface area contributed by atoms with Gasteiger partial charge in [-0.05, 0) is 81.8 Å². The lowest BCUT2D eigenvalue weighted by Crippen LogP contribution is -2.40. The molecule has 0 amide bonds. The molecule has 0 bridgehead atoms. The summed E-state index contributed by atoms with van der Waals surface area (Å²) in [4.78, 5) is 0. The minimum Gasteiger partial charge on any atom is -0.383 e. The van der Waals surface area contributed by atoms with Gasteiger partial charge in [-0.25, -0.2) is 0 Å². The predicted molar refractivity (Wildman–Crippen MR) is 105 cm³/mol. The molecule has 1 N–H and O–H groups in total. The fourth-order valence-electron chi connectivity index (χ4n) is 4.32. The number of hydrogen-bond donors (Lipinski definition) is 1. The highest BCUT2D eigenvalue weighted by atomic mass is 16.5. The number of fused-ring (bicyclic) bond motifs is 1. The minimum absolute atomic E-state index is 0.00522. The van der Waals surface area contributed by atoms with E-state index in [0.29, 0.717) is 6.04 Å². The van der Waals surface area contributed by atoms with Crippen molar-refractivity contribution in [1.29, 1.82) is 0 Å². The maximum atomic E-state index is 5.74. The van der Waals surface area contributed by atoms with Crippen molar-refractivity contribution in [2.24, 2.45) is 0 Å². The summed E-state index contributed by atoms with van der Waals surface area (Å²) in [5.74, 6) is 0. The summed E-state index contributed by atoms with van der Waals surface area (Å²) in [6, 6.07) is 5.09. The van der Waals surface area contributed by atoms with Gasteiger partial charge in [0, 0.05) is 18.6 Å². The smallest absolute Gasteiger partial charge is 0.0597 e. The summed E-state index contributed by atoms with van der Waals surface area (Å²) in [5, 5.41) is 3.71. The molecule has 1 aliphatic carbocycles. The highest BCUT2D eigenvalue weighted by Gasteiger charge is 2.43. The van der Waals surface area contributed by atoms with Crippen LogP contribution in [0, 0.1) is 13.8 Å². The van der Waals surface area contributed by atoms with Crippen molar-refractivity contribution in [3.05, 3.63) is 40.0 Å². The molecule has 0 heterocycles. The maximum absolute atomic E-state index is 5.74. The first kappa shape index (κ1) is 19.2. The monoisotopic (exact) mass is 329 g/mol. The van der Waals surface area contributed by atoms with Crippen molar-refractivity contribution in [1.82, 2.24) is 5.32 Å². The Morgan fingerprint density at radius 3 is 2.50 bits per heavy atom. The molecule has 2 rings (SSSR count). The average Bonchev–Trinajstić information content (AvgIpc) is 2.74. The Bertz CT molecular complexity index is 617. The topological polar surface area (TPSA) is 21.3 Å². The number of unbranched alkanes of at least 4 members (excludes halogenated alkanes) is 1. The van der Waals surface area contributed by atoms with Gasteiger partial charge in [-0.2, -0.15) is 0 Å². The predicted octanol–water partition coefficient (Wildman–Crippen LogP) is 5.16. The molecule has 0 aromatic heterocycles. The minimum atomic E-state index is 0.00522. The first-order chi connectivity index (χ1) is 11.4. The number of ether oxygens (including phenoxy) is 1. The van der Waals surface area contributed by atoms with Crippen molar-refractivity contribution in [2.75, 3.05) is 20.3 Å². The van der Waals surface area contributed by atoms with E-state index < -0.39 is 0 Å². The van der Waals surface area contributed by atoms with Crippen molar-refractivity contribution in [2.45, 2.75) is 72.3 Å². The van der Waals surface area contributed by atoms with Crippen LogP contribution in [0.4, 0.5) is 0 Å². The molecular weight excluding hydrogens is 294 g/mol. The zero-order valence-corrected chi connectivity index (χ0v) is 16.7. The number of rotatable bonds is 8. The molecule has 2 nitrogen and oxygen atoms in total. The highest BCUT2D eigenvalue weighted by Crippen LogP contribution is 2.50. The van der Waals surface area contributed by atoms with Gasteiger partial charge >= 0.3 is 0 Å². The van der Waals surface area contributed by atoms with Crippen molar-refractivity contribution >= 4 is 5.57 Å². The van der Waals surface area contributed by atoms with E-state index in [9.17, 15) is 0 Å². The van der Waals surface area contributed by atoms with Gasteiger partial charge in [0.05, 0.1) is 6.61 Å². The normalized spacial score (nSPS) is 21.3. The molecular formula is C22H35NO. The zero-order valence-electron chi connectivity index (χ0n) is 16.7. The molecule has 2 atom stereocenters. The third-order valence-corrected chi connectivity index (χ3v) is 5.98. The van der Waals surface area contributed by atoms with Crippen LogP contribution in [-0.4, -0.2) is 26.3 Å². The highest BCUT2D eigenvalue weighted by molar-refractivity contribution is 5.81. The lowest BCUT2D eigenvalue weighted by atomic mass is 9.73. The number of nitrogens with one attached hydrogen (secondary N) is 1. The largest absolute Gasteiger partial charge is 0.383 e. The number of hydrogen-bond acceptors (Lipinski definition) is 2. The van der Waals surface area contributed by atoms with Crippen LogP contribution in [0.5, 0.6) is 0 Å². The molecule has 0 saturated carbocycles. The van der Waals surface area contributed by atoms with Gasteiger partial charge in [0.2, 0.25) is 0 Å². The van der Waals surface area contributed by atoms with Crippen LogP contribution >= 0.6 is 0 Å². The second-order valence-electron chi connectivity index (χ2n) is 7.61. The lowest BCUT2D eigenvalue weighted by molar-refractivity contribution is 0.136. The van der Waals surface area contributed by atoms with Crippen LogP contribution in [0.1, 0.15) is 69.2 Å². The Hall–Kier alpha value is -1.12. The van der Waals surface area contributed by atoms with E-state index >= 15 is 0 Å². The third kappa shape index (κ3) is 3.32. The Balaban J connectivity index is 2.42. The Labute approximate surface area is 148 Å². The SMILES string of the molecule is CCCCNC(C)CC1(COC)C(C)=C(C)c2c1ccc(C)c2C. The van der Waals surface area contributed by atoms with Crippen LogP contribution in [0.2, 0.25) is 0 Å². The van der Waals surface area contributed by atoms with Crippen molar-refractivity contribution in [3.8, 4) is 0 Å². The van der Waals surface area contributed by atoms with Crippen molar-refractivity contribution < 1.29 is 4.74 Å². The summed E-state index contributed by atoms with van der Waals surface area (Å²) in [5.41, 5.74) is 8.67. The summed E-state index contributed by atoms with van der Waals surface area (Å²) in [6.07, 6.45) is 3.57. The standard InChI is InChI=1S/C22H35NO/c1-8-9-12-23-16(3)13-22(14-24-7)19(6)18(5)21-17(4)15(2)10-11-20(21)22/h10-11,16,23H,8-9,12-14H2,1-7H3. The Morgan fingerprint density at radius 1 is 1.17 bits per heavy atom. The fraction of sp³-hybridized carbons (Fsp3) is 0.636. The summed E-state index contributed by atoms with van der Waals surface area (Å²) in [7, 11) is 1.83. The summed E-state index contributed by atoms with van der Waals surface area (Å²) in [6.45, 7) is 15.5. The van der Waals surface area contributed by atoms with Crippen LogP contribution in [-0.2, 0) is 10.2 Å². The second-order valence-corrected chi connectivity index (χ2v) is 7.61. The third-order valence-electron chi connectivity index (χ3n) is 5.98. The average molecular weight is 330 g/mol. The molecule has 0 aliphatic heterocycles. The summed E-state index contributed by atoms with van der Waals surface area (Å²) >= 11 is 0. The van der Waals surface area contributed by atoms with E-state index in [1.165, 1.54) is 46.2 Å². The van der Waals surface area contributed by atoms with E-state index in [2.05, 4.69) is 59.0 Å². The first-order valence-electron chi connectivity index (χ1n) is 9.40. The second kappa shape index (κ2) is 7.84. The number of aryl methyl sites for hydroxylation is 1. The van der Waals surface area contributed by atoms with Gasteiger partial charge in [0.25, 0.3) is 0 Å². The van der Waals surface area contributed by atoms with Gasteiger partial charge < -0.3 is 10.1 Å². The Kier molecular flexibility index (Phi) is 6.28. The molecule has 1 aromatic carbocycles. The molecule has 1 aromatic rings.